The van der Waals surface area contributed by atoms with Crippen molar-refractivity contribution < 1.29 is 23.3 Å². The summed E-state index contributed by atoms with van der Waals surface area (Å²) in [6.45, 7) is 1.13. The van der Waals surface area contributed by atoms with Crippen molar-refractivity contribution in [3.8, 4) is 0 Å². The SMILES string of the molecule is CC[S@](=O)c1ccccc1C(=O)OCC(=O)NC(=O)c1cccn1C. The second-order valence-electron chi connectivity index (χ2n) is 5.09. The summed E-state index contributed by atoms with van der Waals surface area (Å²) in [4.78, 5) is 36.2. The molecule has 1 aromatic carbocycles. The topological polar surface area (TPSA) is 94.5 Å². The van der Waals surface area contributed by atoms with Crippen LogP contribution in [0, 0.1) is 0 Å². The summed E-state index contributed by atoms with van der Waals surface area (Å²) < 4.78 is 18.5. The minimum Gasteiger partial charge on any atom is -0.452 e. The van der Waals surface area contributed by atoms with E-state index in [1.807, 2.05) is 0 Å². The van der Waals surface area contributed by atoms with Crippen LogP contribution >= 0.6 is 0 Å². The smallest absolute Gasteiger partial charge is 0.339 e. The van der Waals surface area contributed by atoms with E-state index in [1.54, 1.807) is 55.1 Å². The number of hydrogen-bond acceptors (Lipinski definition) is 5. The average Bonchev–Trinajstić information content (AvgIpc) is 3.05. The van der Waals surface area contributed by atoms with E-state index in [2.05, 4.69) is 5.32 Å². The van der Waals surface area contributed by atoms with Crippen LogP contribution in [0.25, 0.3) is 0 Å². The Hall–Kier alpha value is -2.74. The highest BCUT2D eigenvalue weighted by molar-refractivity contribution is 7.85. The number of aryl methyl sites for hydroxylation is 1. The van der Waals surface area contributed by atoms with E-state index in [1.165, 1.54) is 6.07 Å². The van der Waals surface area contributed by atoms with Gasteiger partial charge in [0.25, 0.3) is 11.8 Å². The zero-order chi connectivity index (χ0) is 18.4. The summed E-state index contributed by atoms with van der Waals surface area (Å²) in [5.41, 5.74) is 0.451. The minimum atomic E-state index is -1.33. The van der Waals surface area contributed by atoms with Gasteiger partial charge in [-0.05, 0) is 24.3 Å². The lowest BCUT2D eigenvalue weighted by atomic mass is 10.2. The number of nitrogens with one attached hydrogen (secondary N) is 1. The number of benzene rings is 1. The van der Waals surface area contributed by atoms with Gasteiger partial charge in [0.05, 0.1) is 21.3 Å². The summed E-state index contributed by atoms with van der Waals surface area (Å²) in [5.74, 6) is -1.73. The first-order valence-corrected chi connectivity index (χ1v) is 8.86. The Morgan fingerprint density at radius 1 is 1.16 bits per heavy atom. The van der Waals surface area contributed by atoms with Gasteiger partial charge in [-0.25, -0.2) is 4.79 Å². The highest BCUT2D eigenvalue weighted by Crippen LogP contribution is 2.15. The van der Waals surface area contributed by atoms with Crippen molar-refractivity contribution in [3.05, 3.63) is 53.9 Å². The molecule has 2 amide bonds. The summed E-state index contributed by atoms with van der Waals surface area (Å²) in [5, 5.41) is 2.14. The van der Waals surface area contributed by atoms with E-state index in [9.17, 15) is 18.6 Å². The molecule has 1 heterocycles. The predicted molar refractivity (Wildman–Crippen MR) is 91.6 cm³/mol. The lowest BCUT2D eigenvalue weighted by Crippen LogP contribution is -2.35. The van der Waals surface area contributed by atoms with Crippen LogP contribution in [-0.4, -0.2) is 38.9 Å². The lowest BCUT2D eigenvalue weighted by Gasteiger charge is -2.09. The van der Waals surface area contributed by atoms with Gasteiger partial charge in [0.1, 0.15) is 5.69 Å². The van der Waals surface area contributed by atoms with Gasteiger partial charge in [0.15, 0.2) is 6.61 Å². The Morgan fingerprint density at radius 2 is 1.88 bits per heavy atom. The van der Waals surface area contributed by atoms with Crippen molar-refractivity contribution in [1.29, 1.82) is 0 Å². The number of esters is 1. The van der Waals surface area contributed by atoms with E-state index in [0.29, 0.717) is 16.3 Å². The van der Waals surface area contributed by atoms with Gasteiger partial charge in [-0.2, -0.15) is 0 Å². The molecule has 0 spiro atoms. The van der Waals surface area contributed by atoms with Gasteiger partial charge in [-0.3, -0.25) is 19.1 Å². The van der Waals surface area contributed by atoms with Crippen LogP contribution in [0.3, 0.4) is 0 Å². The number of nitrogens with zero attached hydrogens (tertiary/aromatic N) is 1. The van der Waals surface area contributed by atoms with E-state index < -0.39 is 35.2 Å². The largest absolute Gasteiger partial charge is 0.452 e. The highest BCUT2D eigenvalue weighted by Gasteiger charge is 2.18. The molecule has 0 aliphatic heterocycles. The summed E-state index contributed by atoms with van der Waals surface area (Å²) in [6, 6.07) is 9.58. The fraction of sp³-hybridized carbons (Fsp3) is 0.235. The molecule has 1 N–H and O–H groups in total. The van der Waals surface area contributed by atoms with Crippen molar-refractivity contribution in [3.63, 3.8) is 0 Å². The lowest BCUT2D eigenvalue weighted by molar-refractivity contribution is -0.123. The molecule has 25 heavy (non-hydrogen) atoms. The molecule has 2 aromatic rings. The quantitative estimate of drug-likeness (QED) is 0.781. The number of hydrogen-bond donors (Lipinski definition) is 1. The minimum absolute atomic E-state index is 0.143. The standard InChI is InChI=1S/C17H18N2O5S/c1-3-25(23)14-9-5-4-7-12(14)17(22)24-11-15(20)18-16(21)13-8-6-10-19(13)2/h4-10H,3,11H2,1-2H3,(H,18,20,21)/t25-/m0/s1. The maximum atomic E-state index is 12.1. The van der Waals surface area contributed by atoms with Crippen molar-refractivity contribution >= 4 is 28.6 Å². The number of aromatic nitrogens is 1. The number of carbonyl (C=O) groups is 3. The summed E-state index contributed by atoms with van der Waals surface area (Å²) in [6.07, 6.45) is 1.67. The Bertz CT molecular complexity index is 828. The molecule has 1 atom stereocenters. The van der Waals surface area contributed by atoms with E-state index in [4.69, 9.17) is 4.74 Å². The molecule has 0 saturated heterocycles. The van der Waals surface area contributed by atoms with Crippen molar-refractivity contribution in [2.75, 3.05) is 12.4 Å². The molecule has 0 unspecified atom stereocenters. The zero-order valence-electron chi connectivity index (χ0n) is 13.9. The summed E-state index contributed by atoms with van der Waals surface area (Å²) >= 11 is 0. The van der Waals surface area contributed by atoms with Crippen molar-refractivity contribution in [2.24, 2.45) is 7.05 Å². The van der Waals surface area contributed by atoms with Crippen LogP contribution < -0.4 is 5.32 Å². The molecule has 0 saturated carbocycles. The molecular formula is C17H18N2O5S. The molecule has 7 nitrogen and oxygen atoms in total. The second-order valence-corrected chi connectivity index (χ2v) is 6.80. The Labute approximate surface area is 147 Å². The number of rotatable bonds is 6. The molecule has 0 fully saturated rings. The first-order chi connectivity index (χ1) is 11.9. The number of imide groups is 1. The summed E-state index contributed by atoms with van der Waals surface area (Å²) in [7, 11) is 0.344. The molecule has 8 heteroatoms. The first kappa shape index (κ1) is 18.6. The van der Waals surface area contributed by atoms with Gasteiger partial charge in [0.2, 0.25) is 0 Å². The third-order valence-corrected chi connectivity index (χ3v) is 4.75. The van der Waals surface area contributed by atoms with Gasteiger partial charge >= 0.3 is 5.97 Å². The fourth-order valence-electron chi connectivity index (χ4n) is 2.12. The zero-order valence-corrected chi connectivity index (χ0v) is 14.7. The monoisotopic (exact) mass is 362 g/mol. The van der Waals surface area contributed by atoms with Gasteiger partial charge < -0.3 is 9.30 Å². The molecular weight excluding hydrogens is 344 g/mol. The maximum absolute atomic E-state index is 12.1. The number of amides is 2. The molecule has 2 rings (SSSR count). The Balaban J connectivity index is 1.96. The van der Waals surface area contributed by atoms with E-state index in [0.717, 1.165) is 0 Å². The molecule has 0 aliphatic rings. The normalized spacial score (nSPS) is 11.6. The predicted octanol–water partition coefficient (Wildman–Crippen LogP) is 1.27. The highest BCUT2D eigenvalue weighted by atomic mass is 32.2. The van der Waals surface area contributed by atoms with Crippen molar-refractivity contribution in [2.45, 2.75) is 11.8 Å². The third-order valence-electron chi connectivity index (χ3n) is 3.38. The van der Waals surface area contributed by atoms with Gasteiger partial charge in [-0.15, -0.1) is 0 Å². The Kier molecular flexibility index (Phi) is 6.24. The van der Waals surface area contributed by atoms with Crippen molar-refractivity contribution in [1.82, 2.24) is 9.88 Å². The second kappa shape index (κ2) is 8.39. The third kappa shape index (κ3) is 4.63. The van der Waals surface area contributed by atoms with Crippen LogP contribution in [0.15, 0.2) is 47.5 Å². The van der Waals surface area contributed by atoms with E-state index in [-0.39, 0.29) is 5.56 Å². The number of carbonyl (C=O) groups excluding carboxylic acids is 3. The number of ether oxygens (including phenoxy) is 1. The molecule has 0 radical (unpaired) electrons. The fourth-order valence-corrected chi connectivity index (χ4v) is 3.06. The first-order valence-electron chi connectivity index (χ1n) is 7.54. The molecule has 132 valence electrons. The average molecular weight is 362 g/mol. The van der Waals surface area contributed by atoms with Crippen LogP contribution in [0.2, 0.25) is 0 Å². The van der Waals surface area contributed by atoms with Gasteiger partial charge in [-0.1, -0.05) is 19.1 Å². The van der Waals surface area contributed by atoms with Crippen LogP contribution in [-0.2, 0) is 27.4 Å². The van der Waals surface area contributed by atoms with Crippen LogP contribution in [0.1, 0.15) is 27.8 Å². The Morgan fingerprint density at radius 3 is 2.52 bits per heavy atom. The molecule has 0 bridgehead atoms. The van der Waals surface area contributed by atoms with Crippen LogP contribution in [0.5, 0.6) is 0 Å². The molecule has 1 aromatic heterocycles. The van der Waals surface area contributed by atoms with E-state index >= 15 is 0 Å². The maximum Gasteiger partial charge on any atom is 0.339 e. The molecule has 0 aliphatic carbocycles. The van der Waals surface area contributed by atoms with Gasteiger partial charge in [0, 0.05) is 19.0 Å². The van der Waals surface area contributed by atoms with Crippen LogP contribution in [0.4, 0.5) is 0 Å².